The van der Waals surface area contributed by atoms with Crippen LogP contribution in [0.2, 0.25) is 0 Å². The van der Waals surface area contributed by atoms with Crippen LogP contribution in [0.4, 0.5) is 0 Å². The molecule has 0 radical (unpaired) electrons. The van der Waals surface area contributed by atoms with E-state index in [1.165, 1.54) is 13.2 Å². The number of guanidine groups is 1. The Hall–Kier alpha value is -5.17. The van der Waals surface area contributed by atoms with Gasteiger partial charge in [0.25, 0.3) is 10.0 Å². The standard InChI is InChI=1S/C42H52N4O8S/c1-8-14-35(40(49)52-7)45-39(48)28(23-36(47)53-24-34-32-18-11-9-16-30(32)31-17-10-12-19-33(31)34)15-13-22-44-41(43)46-55(50,51)38-26(3)25(2)37-29(27(38)4)20-21-42(5,6)54-37/h8-12,16-19,28,34-35H,1,13-15,20-24H2,2-7H3,(H,45,48)(H3,43,44,46)/t28-,35+/m0/s1. The molecule has 0 aromatic heterocycles. The van der Waals surface area contributed by atoms with Crippen LogP contribution in [0.3, 0.4) is 0 Å². The van der Waals surface area contributed by atoms with Gasteiger partial charge in [-0.05, 0) is 111 Å². The number of esters is 2. The van der Waals surface area contributed by atoms with Gasteiger partial charge in [-0.1, -0.05) is 54.6 Å². The van der Waals surface area contributed by atoms with Crippen molar-refractivity contribution in [3.8, 4) is 16.9 Å². The number of nitrogens with zero attached hydrogens (tertiary/aromatic N) is 1. The number of benzene rings is 3. The fourth-order valence-corrected chi connectivity index (χ4v) is 9.05. The number of nitrogens with one attached hydrogen (secondary N) is 2. The van der Waals surface area contributed by atoms with Gasteiger partial charge < -0.3 is 25.3 Å². The van der Waals surface area contributed by atoms with E-state index in [4.69, 9.17) is 19.9 Å². The van der Waals surface area contributed by atoms with Crippen molar-refractivity contribution in [1.29, 1.82) is 0 Å². The number of fused-ring (bicyclic) bond motifs is 4. The average molecular weight is 773 g/mol. The molecule has 0 unspecified atom stereocenters. The Labute approximate surface area is 324 Å². The number of carbonyl (C=O) groups excluding carboxylic acids is 3. The summed E-state index contributed by atoms with van der Waals surface area (Å²) in [7, 11) is -2.89. The van der Waals surface area contributed by atoms with Gasteiger partial charge in [-0.2, -0.15) is 0 Å². The zero-order chi connectivity index (χ0) is 40.1. The summed E-state index contributed by atoms with van der Waals surface area (Å²) in [5, 5.41) is 2.68. The van der Waals surface area contributed by atoms with Gasteiger partial charge in [0.1, 0.15) is 24.0 Å². The van der Waals surface area contributed by atoms with Gasteiger partial charge in [0.2, 0.25) is 11.9 Å². The van der Waals surface area contributed by atoms with Crippen LogP contribution in [0.15, 0.2) is 71.1 Å². The lowest BCUT2D eigenvalue weighted by Crippen LogP contribution is -2.44. The molecule has 55 heavy (non-hydrogen) atoms. The van der Waals surface area contributed by atoms with Gasteiger partial charge >= 0.3 is 11.9 Å². The lowest BCUT2D eigenvalue weighted by atomic mass is 9.88. The number of rotatable bonds is 15. The van der Waals surface area contributed by atoms with E-state index in [9.17, 15) is 22.8 Å². The van der Waals surface area contributed by atoms with E-state index < -0.39 is 39.8 Å². The van der Waals surface area contributed by atoms with E-state index in [0.29, 0.717) is 17.5 Å². The minimum atomic E-state index is -4.11. The van der Waals surface area contributed by atoms with E-state index in [2.05, 4.69) is 21.6 Å². The molecule has 0 bridgehead atoms. The van der Waals surface area contributed by atoms with Crippen molar-refractivity contribution >= 4 is 33.8 Å². The lowest BCUT2D eigenvalue weighted by molar-refractivity contribution is -0.148. The first-order valence-electron chi connectivity index (χ1n) is 18.6. The van der Waals surface area contributed by atoms with Crippen molar-refractivity contribution in [2.45, 2.75) is 95.6 Å². The molecular weight excluding hydrogens is 721 g/mol. The Balaban J connectivity index is 1.26. The van der Waals surface area contributed by atoms with E-state index in [-0.39, 0.29) is 61.2 Å². The summed E-state index contributed by atoms with van der Waals surface area (Å²) < 4.78 is 46.6. The van der Waals surface area contributed by atoms with Crippen LogP contribution in [0.1, 0.15) is 85.3 Å². The van der Waals surface area contributed by atoms with Crippen LogP contribution >= 0.6 is 0 Å². The van der Waals surface area contributed by atoms with Crippen LogP contribution in [-0.4, -0.2) is 64.1 Å². The van der Waals surface area contributed by atoms with E-state index in [1.807, 2.05) is 69.3 Å². The third-order valence-electron chi connectivity index (χ3n) is 10.5. The molecule has 2 atom stereocenters. The number of hydrogen-bond acceptors (Lipinski definition) is 9. The molecule has 3 aromatic rings. The molecule has 1 heterocycles. The summed E-state index contributed by atoms with van der Waals surface area (Å²) >= 11 is 0. The monoisotopic (exact) mass is 772 g/mol. The van der Waals surface area contributed by atoms with Crippen LogP contribution in [0, 0.1) is 26.7 Å². The van der Waals surface area contributed by atoms with Gasteiger partial charge in [-0.15, -0.1) is 6.58 Å². The highest BCUT2D eigenvalue weighted by Gasteiger charge is 2.34. The summed E-state index contributed by atoms with van der Waals surface area (Å²) in [5.74, 6) is -2.38. The molecule has 1 aliphatic carbocycles. The summed E-state index contributed by atoms with van der Waals surface area (Å²) in [6.45, 7) is 13.2. The Morgan fingerprint density at radius 3 is 2.29 bits per heavy atom. The molecule has 3 aromatic carbocycles. The second-order valence-corrected chi connectivity index (χ2v) is 16.4. The summed E-state index contributed by atoms with van der Waals surface area (Å²) in [6.07, 6.45) is 3.23. The number of hydrogen-bond donors (Lipinski definition) is 3. The van der Waals surface area contributed by atoms with Crippen molar-refractivity contribution in [3.05, 3.63) is 94.6 Å². The van der Waals surface area contributed by atoms with E-state index >= 15 is 0 Å². The maximum Gasteiger partial charge on any atom is 0.328 e. The van der Waals surface area contributed by atoms with Gasteiger partial charge in [0, 0.05) is 18.4 Å². The molecule has 12 nitrogen and oxygen atoms in total. The number of nitrogens with two attached hydrogens (primary N) is 1. The lowest BCUT2D eigenvalue weighted by Gasteiger charge is -2.35. The maximum absolute atomic E-state index is 13.7. The van der Waals surface area contributed by atoms with E-state index in [1.54, 1.807) is 13.8 Å². The molecule has 0 spiro atoms. The molecule has 0 saturated heterocycles. The first-order valence-corrected chi connectivity index (χ1v) is 20.0. The zero-order valence-corrected chi connectivity index (χ0v) is 33.3. The van der Waals surface area contributed by atoms with Crippen molar-refractivity contribution < 1.29 is 37.0 Å². The SMILES string of the molecule is C=CC[C@@H](NC(=O)[C@@H](CCCN=C(N)NS(=O)(=O)c1c(C)c(C)c2c(c1C)CCC(C)(C)O2)CC(=O)OCC1c2ccccc2-c2ccccc21)C(=O)OC. The van der Waals surface area contributed by atoms with Crippen LogP contribution in [0.5, 0.6) is 5.75 Å². The van der Waals surface area contributed by atoms with Crippen molar-refractivity contribution in [2.75, 3.05) is 20.3 Å². The molecule has 13 heteroatoms. The molecule has 4 N–H and O–H groups in total. The first-order chi connectivity index (χ1) is 26.1. The average Bonchev–Trinajstić information content (AvgIpc) is 3.46. The third kappa shape index (κ3) is 9.21. The predicted molar refractivity (Wildman–Crippen MR) is 211 cm³/mol. The maximum atomic E-state index is 13.7. The van der Waals surface area contributed by atoms with Crippen molar-refractivity contribution in [1.82, 2.24) is 10.0 Å². The third-order valence-corrected chi connectivity index (χ3v) is 12.2. The van der Waals surface area contributed by atoms with Gasteiger partial charge in [0.15, 0.2) is 0 Å². The van der Waals surface area contributed by atoms with Crippen LogP contribution in [-0.2, 0) is 40.3 Å². The normalized spacial score (nSPS) is 15.7. The fraction of sp³-hybridized carbons (Fsp3) is 0.429. The summed E-state index contributed by atoms with van der Waals surface area (Å²) in [4.78, 5) is 43.6. The second kappa shape index (κ2) is 17.1. The number of sulfonamides is 1. The molecule has 294 valence electrons. The largest absolute Gasteiger partial charge is 0.487 e. The molecule has 0 fully saturated rings. The molecule has 5 rings (SSSR count). The molecule has 1 aliphatic heterocycles. The number of carbonyl (C=O) groups is 3. The summed E-state index contributed by atoms with van der Waals surface area (Å²) in [6, 6.07) is 15.0. The highest BCUT2D eigenvalue weighted by molar-refractivity contribution is 7.90. The number of methoxy groups -OCH3 is 1. The number of amides is 1. The zero-order valence-electron chi connectivity index (χ0n) is 32.5. The molecular formula is C42H52N4O8S. The minimum Gasteiger partial charge on any atom is -0.487 e. The molecule has 0 saturated carbocycles. The quantitative estimate of drug-likeness (QED) is 0.0577. The van der Waals surface area contributed by atoms with Gasteiger partial charge in [-0.3, -0.25) is 14.6 Å². The minimum absolute atomic E-state index is 0.0556. The number of ether oxygens (including phenoxy) is 3. The highest BCUT2D eigenvalue weighted by Crippen LogP contribution is 2.45. The summed E-state index contributed by atoms with van der Waals surface area (Å²) in [5.41, 5.74) is 12.9. The van der Waals surface area contributed by atoms with Crippen LogP contribution < -0.4 is 20.5 Å². The second-order valence-electron chi connectivity index (χ2n) is 14.8. The van der Waals surface area contributed by atoms with Crippen molar-refractivity contribution in [2.24, 2.45) is 16.6 Å². The highest BCUT2D eigenvalue weighted by atomic mass is 32.2. The van der Waals surface area contributed by atoms with Gasteiger partial charge in [-0.25, -0.2) is 17.9 Å². The topological polar surface area (TPSA) is 175 Å². The Morgan fingerprint density at radius 2 is 1.67 bits per heavy atom. The van der Waals surface area contributed by atoms with Crippen molar-refractivity contribution in [3.63, 3.8) is 0 Å². The van der Waals surface area contributed by atoms with E-state index in [0.717, 1.165) is 45.6 Å². The number of aliphatic imine (C=N–C) groups is 1. The van der Waals surface area contributed by atoms with Crippen LogP contribution in [0.25, 0.3) is 11.1 Å². The Morgan fingerprint density at radius 1 is 1.04 bits per heavy atom. The van der Waals surface area contributed by atoms with Gasteiger partial charge in [0.05, 0.1) is 18.4 Å². The molecule has 2 aliphatic rings. The Kier molecular flexibility index (Phi) is 12.7. The Bertz CT molecular complexity index is 2060. The smallest absolute Gasteiger partial charge is 0.328 e. The predicted octanol–water partition coefficient (Wildman–Crippen LogP) is 5.68. The first kappa shape index (κ1) is 41.0. The molecule has 1 amide bonds. The fourth-order valence-electron chi connectivity index (χ4n) is 7.52.